The van der Waals surface area contributed by atoms with Gasteiger partial charge in [-0.05, 0) is 36.8 Å². The van der Waals surface area contributed by atoms with Crippen molar-refractivity contribution in [3.63, 3.8) is 0 Å². The second-order valence-corrected chi connectivity index (χ2v) is 5.41. The molecule has 0 spiro atoms. The first kappa shape index (κ1) is 17.5. The zero-order valence-corrected chi connectivity index (χ0v) is 14.0. The third-order valence-electron chi connectivity index (χ3n) is 3.50. The van der Waals surface area contributed by atoms with Crippen molar-refractivity contribution in [1.82, 2.24) is 10.2 Å². The Morgan fingerprint density at radius 1 is 1.04 bits per heavy atom. The minimum absolute atomic E-state index is 0.0379. The highest BCUT2D eigenvalue weighted by Crippen LogP contribution is 2.12. The number of hydrogen-bond donors (Lipinski definition) is 1. The van der Waals surface area contributed by atoms with E-state index in [0.29, 0.717) is 24.4 Å². The highest BCUT2D eigenvalue weighted by molar-refractivity contribution is 5.94. The van der Waals surface area contributed by atoms with Crippen LogP contribution in [0.3, 0.4) is 0 Å². The van der Waals surface area contributed by atoms with Crippen LogP contribution in [0.4, 0.5) is 0 Å². The van der Waals surface area contributed by atoms with Gasteiger partial charge in [0.1, 0.15) is 5.75 Å². The summed E-state index contributed by atoms with van der Waals surface area (Å²) in [6.45, 7) is 2.95. The second kappa shape index (κ2) is 8.72. The van der Waals surface area contributed by atoms with Gasteiger partial charge in [0.15, 0.2) is 6.61 Å². The highest BCUT2D eigenvalue weighted by atomic mass is 16.5. The van der Waals surface area contributed by atoms with Gasteiger partial charge in [0.25, 0.3) is 11.8 Å². The number of likely N-dealkylation sites (N-methyl/N-ethyl adjacent to an activating group) is 1. The zero-order valence-electron chi connectivity index (χ0n) is 14.0. The van der Waals surface area contributed by atoms with Crippen molar-refractivity contribution >= 4 is 11.8 Å². The summed E-state index contributed by atoms with van der Waals surface area (Å²) in [5.41, 5.74) is 1.64. The first-order valence-corrected chi connectivity index (χ1v) is 7.89. The summed E-state index contributed by atoms with van der Waals surface area (Å²) in [5, 5.41) is 2.73. The number of benzene rings is 2. The summed E-state index contributed by atoms with van der Waals surface area (Å²) in [4.78, 5) is 25.4. The standard InChI is InChI=1S/C19H22N2O3/c1-3-20-19(23)16-9-11-17(12-10-16)24-14-18(22)21(2)13-15-7-5-4-6-8-15/h4-12H,3,13-14H2,1-2H3,(H,20,23). The lowest BCUT2D eigenvalue weighted by molar-refractivity contribution is -0.132. The largest absolute Gasteiger partial charge is 0.484 e. The molecule has 126 valence electrons. The lowest BCUT2D eigenvalue weighted by Gasteiger charge is -2.17. The van der Waals surface area contributed by atoms with E-state index in [4.69, 9.17) is 4.74 Å². The molecule has 5 nitrogen and oxygen atoms in total. The molecule has 0 bridgehead atoms. The minimum atomic E-state index is -0.122. The number of carbonyl (C=O) groups excluding carboxylic acids is 2. The van der Waals surface area contributed by atoms with Gasteiger partial charge < -0.3 is 15.0 Å². The average Bonchev–Trinajstić information content (AvgIpc) is 2.61. The van der Waals surface area contributed by atoms with E-state index >= 15 is 0 Å². The quantitative estimate of drug-likeness (QED) is 0.850. The van der Waals surface area contributed by atoms with Crippen LogP contribution < -0.4 is 10.1 Å². The minimum Gasteiger partial charge on any atom is -0.484 e. The summed E-state index contributed by atoms with van der Waals surface area (Å²) in [6, 6.07) is 16.5. The van der Waals surface area contributed by atoms with Crippen LogP contribution in [0.5, 0.6) is 5.75 Å². The molecule has 0 aliphatic rings. The van der Waals surface area contributed by atoms with Crippen LogP contribution in [0.15, 0.2) is 54.6 Å². The maximum Gasteiger partial charge on any atom is 0.260 e. The van der Waals surface area contributed by atoms with E-state index in [2.05, 4.69) is 5.32 Å². The summed E-state index contributed by atoms with van der Waals surface area (Å²) >= 11 is 0. The average molecular weight is 326 g/mol. The first-order valence-electron chi connectivity index (χ1n) is 7.89. The molecule has 0 saturated carbocycles. The molecule has 0 heterocycles. The fourth-order valence-electron chi connectivity index (χ4n) is 2.17. The molecule has 0 aromatic heterocycles. The third kappa shape index (κ3) is 5.12. The van der Waals surface area contributed by atoms with Crippen molar-refractivity contribution in [2.24, 2.45) is 0 Å². The Bertz CT molecular complexity index is 669. The van der Waals surface area contributed by atoms with Gasteiger partial charge in [-0.25, -0.2) is 0 Å². The molecule has 24 heavy (non-hydrogen) atoms. The maximum atomic E-state index is 12.1. The predicted molar refractivity (Wildman–Crippen MR) is 92.9 cm³/mol. The fraction of sp³-hybridized carbons (Fsp3) is 0.263. The fourth-order valence-corrected chi connectivity index (χ4v) is 2.17. The molecule has 0 radical (unpaired) electrons. The molecular formula is C19H22N2O3. The number of ether oxygens (including phenoxy) is 1. The number of rotatable bonds is 7. The van der Waals surface area contributed by atoms with Crippen molar-refractivity contribution in [1.29, 1.82) is 0 Å². The van der Waals surface area contributed by atoms with E-state index in [0.717, 1.165) is 5.56 Å². The summed E-state index contributed by atoms with van der Waals surface area (Å²) in [7, 11) is 1.75. The van der Waals surface area contributed by atoms with Gasteiger partial charge in [0.2, 0.25) is 0 Å². The Hall–Kier alpha value is -2.82. The van der Waals surface area contributed by atoms with Gasteiger partial charge in [0.05, 0.1) is 0 Å². The third-order valence-corrected chi connectivity index (χ3v) is 3.50. The van der Waals surface area contributed by atoms with E-state index in [1.165, 1.54) is 0 Å². The molecule has 0 aliphatic heterocycles. The van der Waals surface area contributed by atoms with Crippen molar-refractivity contribution in [2.45, 2.75) is 13.5 Å². The molecule has 2 amide bonds. The topological polar surface area (TPSA) is 58.6 Å². The lowest BCUT2D eigenvalue weighted by Crippen LogP contribution is -2.30. The summed E-state index contributed by atoms with van der Waals surface area (Å²) in [6.07, 6.45) is 0. The molecular weight excluding hydrogens is 304 g/mol. The molecule has 2 aromatic rings. The Kier molecular flexibility index (Phi) is 6.37. The van der Waals surface area contributed by atoms with Crippen LogP contribution in [0.1, 0.15) is 22.8 Å². The molecule has 5 heteroatoms. The molecule has 0 atom stereocenters. The highest BCUT2D eigenvalue weighted by Gasteiger charge is 2.10. The number of hydrogen-bond acceptors (Lipinski definition) is 3. The summed E-state index contributed by atoms with van der Waals surface area (Å²) in [5.74, 6) is 0.332. The van der Waals surface area contributed by atoms with E-state index in [1.54, 1.807) is 36.2 Å². The van der Waals surface area contributed by atoms with Gasteiger partial charge in [0, 0.05) is 25.7 Å². The molecule has 0 fully saturated rings. The molecule has 2 aromatic carbocycles. The Balaban J connectivity index is 1.84. The molecule has 0 saturated heterocycles. The van der Waals surface area contributed by atoms with Crippen molar-refractivity contribution in [2.75, 3.05) is 20.2 Å². The number of amides is 2. The van der Waals surface area contributed by atoms with Gasteiger partial charge in [-0.15, -0.1) is 0 Å². The van der Waals surface area contributed by atoms with E-state index < -0.39 is 0 Å². The number of nitrogens with one attached hydrogen (secondary N) is 1. The number of nitrogens with zero attached hydrogens (tertiary/aromatic N) is 1. The zero-order chi connectivity index (χ0) is 17.4. The predicted octanol–water partition coefficient (Wildman–Crippen LogP) is 2.47. The Labute approximate surface area is 142 Å². The Morgan fingerprint density at radius 2 is 1.71 bits per heavy atom. The van der Waals surface area contributed by atoms with Gasteiger partial charge in [-0.1, -0.05) is 30.3 Å². The maximum absolute atomic E-state index is 12.1. The molecule has 2 rings (SSSR count). The number of carbonyl (C=O) groups is 2. The van der Waals surface area contributed by atoms with Crippen LogP contribution in [0, 0.1) is 0 Å². The van der Waals surface area contributed by atoms with Crippen LogP contribution in [0.25, 0.3) is 0 Å². The molecule has 1 N–H and O–H groups in total. The van der Waals surface area contributed by atoms with Crippen LogP contribution >= 0.6 is 0 Å². The molecule has 0 unspecified atom stereocenters. The van der Waals surface area contributed by atoms with E-state index in [-0.39, 0.29) is 18.4 Å². The second-order valence-electron chi connectivity index (χ2n) is 5.41. The monoisotopic (exact) mass is 326 g/mol. The van der Waals surface area contributed by atoms with E-state index in [9.17, 15) is 9.59 Å². The molecule has 0 aliphatic carbocycles. The van der Waals surface area contributed by atoms with Crippen LogP contribution in [0.2, 0.25) is 0 Å². The van der Waals surface area contributed by atoms with Gasteiger partial charge in [-0.2, -0.15) is 0 Å². The van der Waals surface area contributed by atoms with Gasteiger partial charge >= 0.3 is 0 Å². The first-order chi connectivity index (χ1) is 11.6. The normalized spacial score (nSPS) is 10.1. The lowest BCUT2D eigenvalue weighted by atomic mass is 10.2. The van der Waals surface area contributed by atoms with Crippen molar-refractivity contribution in [3.05, 3.63) is 65.7 Å². The van der Waals surface area contributed by atoms with Crippen molar-refractivity contribution in [3.8, 4) is 5.75 Å². The van der Waals surface area contributed by atoms with Crippen LogP contribution in [-0.4, -0.2) is 36.9 Å². The van der Waals surface area contributed by atoms with Gasteiger partial charge in [-0.3, -0.25) is 9.59 Å². The van der Waals surface area contributed by atoms with E-state index in [1.807, 2.05) is 37.3 Å². The Morgan fingerprint density at radius 3 is 2.33 bits per heavy atom. The SMILES string of the molecule is CCNC(=O)c1ccc(OCC(=O)N(C)Cc2ccccc2)cc1. The van der Waals surface area contributed by atoms with Crippen LogP contribution in [-0.2, 0) is 11.3 Å². The smallest absolute Gasteiger partial charge is 0.260 e. The summed E-state index contributed by atoms with van der Waals surface area (Å²) < 4.78 is 5.50. The van der Waals surface area contributed by atoms with Crippen molar-refractivity contribution < 1.29 is 14.3 Å².